The number of benzene rings is 2. The molecule has 2 atom stereocenters. The van der Waals surface area contributed by atoms with E-state index in [-0.39, 0.29) is 12.5 Å². The smallest absolute Gasteiger partial charge is 0.316 e. The summed E-state index contributed by atoms with van der Waals surface area (Å²) in [5, 5.41) is 17.9. The van der Waals surface area contributed by atoms with Crippen LogP contribution >= 0.6 is 11.3 Å². The molecule has 0 spiro atoms. The Morgan fingerprint density at radius 2 is 1.74 bits per heavy atom. The van der Waals surface area contributed by atoms with E-state index in [1.54, 1.807) is 0 Å². The summed E-state index contributed by atoms with van der Waals surface area (Å²) in [5.41, 5.74) is 13.4. The molecule has 0 bridgehead atoms. The van der Waals surface area contributed by atoms with Crippen LogP contribution < -0.4 is 31.6 Å². The van der Waals surface area contributed by atoms with Crippen molar-refractivity contribution in [3.63, 3.8) is 0 Å². The van der Waals surface area contributed by atoms with Crippen molar-refractivity contribution in [1.82, 2.24) is 10.2 Å². The third-order valence-corrected chi connectivity index (χ3v) is 8.73. The fourth-order valence-electron chi connectivity index (χ4n) is 5.38. The Morgan fingerprint density at radius 1 is 0.979 bits per heavy atom. The van der Waals surface area contributed by atoms with Gasteiger partial charge in [0.05, 0.1) is 38.7 Å². The second kappa shape index (κ2) is 19.8. The van der Waals surface area contributed by atoms with Gasteiger partial charge >= 0.3 is 6.03 Å². The largest absolute Gasteiger partial charge is 0.493 e. The number of hydrogen-bond donors (Lipinski definition) is 5. The van der Waals surface area contributed by atoms with Crippen LogP contribution in [0.25, 0.3) is 0 Å². The van der Waals surface area contributed by atoms with E-state index >= 15 is 0 Å². The van der Waals surface area contributed by atoms with Gasteiger partial charge in [-0.05, 0) is 53.9 Å². The standard InChI is InChI=1S/C34H47N5O7S/c35-33(41)32-31(38-34(36)42)30(24-47-32)26-8-5-13-39(22-26)14-17-44-19-18-43-16-12-37-21-27(40)23-46-29-10-4-9-28(20-29)45-15-11-25-6-2-1-3-7-25/h1-4,6-7,9-10,20,24,26-27,37,40H,5,8,11-19,21-23H2,(H2,35,41)(H3,36,38,42)/t26-,27?/m1/s1. The molecule has 2 aromatic carbocycles. The van der Waals surface area contributed by atoms with E-state index < -0.39 is 18.0 Å². The Hall–Kier alpha value is -3.72. The molecule has 0 saturated carbocycles. The molecule has 12 nitrogen and oxygen atoms in total. The number of carbonyl (C=O) groups is 2. The van der Waals surface area contributed by atoms with Gasteiger partial charge in [-0.2, -0.15) is 0 Å². The minimum absolute atomic E-state index is 0.164. The van der Waals surface area contributed by atoms with Gasteiger partial charge in [-0.25, -0.2) is 4.79 Å². The first-order valence-corrected chi connectivity index (χ1v) is 16.9. The van der Waals surface area contributed by atoms with Gasteiger partial charge in [-0.3, -0.25) is 4.79 Å². The summed E-state index contributed by atoms with van der Waals surface area (Å²) < 4.78 is 23.0. The molecule has 0 aliphatic carbocycles. The summed E-state index contributed by atoms with van der Waals surface area (Å²) in [5.74, 6) is 0.970. The Labute approximate surface area is 280 Å². The van der Waals surface area contributed by atoms with Crippen molar-refractivity contribution in [2.45, 2.75) is 31.3 Å². The lowest BCUT2D eigenvalue weighted by Crippen LogP contribution is -2.37. The normalized spacial score (nSPS) is 15.6. The van der Waals surface area contributed by atoms with Crippen LogP contribution in [0, 0.1) is 0 Å². The molecule has 13 heteroatoms. The SMILES string of the molecule is NC(=O)Nc1c([C@@H]2CCCN(CCOCCOCCNCC(O)COc3cccc(OCCc4ccccc4)c3)C2)csc1C(N)=O. The van der Waals surface area contributed by atoms with Gasteiger partial charge in [-0.1, -0.05) is 36.4 Å². The molecule has 3 amide bonds. The summed E-state index contributed by atoms with van der Waals surface area (Å²) in [6.07, 6.45) is 2.11. The number of piperidine rings is 1. The molecule has 256 valence electrons. The van der Waals surface area contributed by atoms with E-state index in [1.807, 2.05) is 47.8 Å². The van der Waals surface area contributed by atoms with Crippen LogP contribution in [0.3, 0.4) is 0 Å². The maximum atomic E-state index is 11.8. The highest BCUT2D eigenvalue weighted by Gasteiger charge is 2.27. The van der Waals surface area contributed by atoms with E-state index in [0.29, 0.717) is 62.4 Å². The van der Waals surface area contributed by atoms with Gasteiger partial charge in [0.1, 0.15) is 29.1 Å². The Kier molecular flexibility index (Phi) is 15.2. The van der Waals surface area contributed by atoms with Crippen molar-refractivity contribution in [2.24, 2.45) is 11.5 Å². The summed E-state index contributed by atoms with van der Waals surface area (Å²) in [6.45, 7) is 6.30. The zero-order valence-corrected chi connectivity index (χ0v) is 27.6. The number of urea groups is 1. The summed E-state index contributed by atoms with van der Waals surface area (Å²) in [4.78, 5) is 25.9. The first-order valence-electron chi connectivity index (χ1n) is 16.0. The van der Waals surface area contributed by atoms with Crippen LogP contribution in [0.4, 0.5) is 10.5 Å². The lowest BCUT2D eigenvalue weighted by atomic mass is 9.91. The Bertz CT molecular complexity index is 1380. The first-order chi connectivity index (χ1) is 22.9. The molecular weight excluding hydrogens is 622 g/mol. The second-order valence-corrected chi connectivity index (χ2v) is 12.2. The van der Waals surface area contributed by atoms with Gasteiger partial charge in [-0.15, -0.1) is 11.3 Å². The number of aliphatic hydroxyl groups excluding tert-OH is 1. The summed E-state index contributed by atoms with van der Waals surface area (Å²) in [7, 11) is 0. The molecule has 4 rings (SSSR count). The number of carbonyl (C=O) groups excluding carboxylic acids is 2. The number of nitrogens with two attached hydrogens (primary N) is 2. The molecule has 7 N–H and O–H groups in total. The molecule has 0 radical (unpaired) electrons. The Balaban J connectivity index is 1.01. The highest BCUT2D eigenvalue weighted by molar-refractivity contribution is 7.13. The zero-order chi connectivity index (χ0) is 33.3. The van der Waals surface area contributed by atoms with E-state index in [2.05, 4.69) is 27.7 Å². The average Bonchev–Trinajstić information content (AvgIpc) is 3.48. The lowest BCUT2D eigenvalue weighted by Gasteiger charge is -2.33. The number of primary amides is 2. The fraction of sp³-hybridized carbons (Fsp3) is 0.471. The summed E-state index contributed by atoms with van der Waals surface area (Å²) >= 11 is 1.23. The lowest BCUT2D eigenvalue weighted by molar-refractivity contribution is 0.0354. The van der Waals surface area contributed by atoms with E-state index in [0.717, 1.165) is 50.2 Å². The molecule has 1 aromatic heterocycles. The molecule has 2 heterocycles. The second-order valence-electron chi connectivity index (χ2n) is 11.3. The quantitative estimate of drug-likeness (QED) is 0.107. The van der Waals surface area contributed by atoms with Crippen LogP contribution in [0.1, 0.15) is 39.6 Å². The predicted molar refractivity (Wildman–Crippen MR) is 183 cm³/mol. The van der Waals surface area contributed by atoms with Crippen LogP contribution in [-0.2, 0) is 15.9 Å². The van der Waals surface area contributed by atoms with Crippen LogP contribution in [-0.4, -0.2) is 100 Å². The van der Waals surface area contributed by atoms with E-state index in [9.17, 15) is 14.7 Å². The van der Waals surface area contributed by atoms with E-state index in [4.69, 9.17) is 30.4 Å². The topological polar surface area (TPSA) is 171 Å². The van der Waals surface area contributed by atoms with Gasteiger partial charge < -0.3 is 51.1 Å². The number of anilines is 1. The van der Waals surface area contributed by atoms with Gasteiger partial charge in [0.25, 0.3) is 5.91 Å². The van der Waals surface area contributed by atoms with Gasteiger partial charge in [0.2, 0.25) is 0 Å². The number of ether oxygens (including phenoxy) is 4. The number of aliphatic hydroxyl groups is 1. The summed E-state index contributed by atoms with van der Waals surface area (Å²) in [6, 6.07) is 16.9. The van der Waals surface area contributed by atoms with Crippen LogP contribution in [0.5, 0.6) is 11.5 Å². The van der Waals surface area contributed by atoms with Crippen molar-refractivity contribution in [2.75, 3.05) is 77.7 Å². The number of hydrogen-bond acceptors (Lipinski definition) is 10. The number of amides is 3. The molecular formula is C34H47N5O7S. The minimum Gasteiger partial charge on any atom is -0.493 e. The van der Waals surface area contributed by atoms with E-state index in [1.165, 1.54) is 16.9 Å². The number of nitrogens with zero attached hydrogens (tertiary/aromatic N) is 1. The molecule has 3 aromatic rings. The molecule has 47 heavy (non-hydrogen) atoms. The number of thiophene rings is 1. The van der Waals surface area contributed by atoms with Crippen LogP contribution in [0.2, 0.25) is 0 Å². The zero-order valence-electron chi connectivity index (χ0n) is 26.7. The maximum absolute atomic E-state index is 11.8. The van der Waals surface area contributed by atoms with Gasteiger partial charge in [0, 0.05) is 38.7 Å². The molecule has 1 unspecified atom stereocenters. The van der Waals surface area contributed by atoms with Crippen molar-refractivity contribution >= 4 is 29.0 Å². The number of likely N-dealkylation sites (tertiary alicyclic amines) is 1. The fourth-order valence-corrected chi connectivity index (χ4v) is 6.34. The van der Waals surface area contributed by atoms with Crippen molar-refractivity contribution < 1.29 is 33.6 Å². The molecule has 1 fully saturated rings. The third-order valence-electron chi connectivity index (χ3n) is 7.71. The average molecular weight is 670 g/mol. The van der Waals surface area contributed by atoms with Crippen molar-refractivity contribution in [3.8, 4) is 11.5 Å². The molecule has 1 saturated heterocycles. The minimum atomic E-state index is -0.715. The van der Waals surface area contributed by atoms with Gasteiger partial charge in [0.15, 0.2) is 0 Å². The predicted octanol–water partition coefficient (Wildman–Crippen LogP) is 3.20. The van der Waals surface area contributed by atoms with Crippen LogP contribution in [0.15, 0.2) is 60.0 Å². The number of nitrogens with one attached hydrogen (secondary N) is 2. The highest BCUT2D eigenvalue weighted by atomic mass is 32.1. The maximum Gasteiger partial charge on any atom is 0.316 e. The third kappa shape index (κ3) is 12.8. The molecule has 1 aliphatic rings. The first kappa shape index (κ1) is 36.1. The number of rotatable bonds is 21. The molecule has 1 aliphatic heterocycles. The highest BCUT2D eigenvalue weighted by Crippen LogP contribution is 2.37. The van der Waals surface area contributed by atoms with Crippen molar-refractivity contribution in [1.29, 1.82) is 0 Å². The monoisotopic (exact) mass is 669 g/mol. The van der Waals surface area contributed by atoms with Crippen molar-refractivity contribution in [3.05, 3.63) is 76.0 Å². The Morgan fingerprint density at radius 3 is 2.51 bits per heavy atom.